The van der Waals surface area contributed by atoms with Crippen molar-refractivity contribution in [3.8, 4) is 0 Å². The summed E-state index contributed by atoms with van der Waals surface area (Å²) in [6, 6.07) is 0. The molecule has 0 aromatic carbocycles. The van der Waals surface area contributed by atoms with E-state index < -0.39 is 11.4 Å². The number of hydrogen-bond donors (Lipinski definition) is 2. The van der Waals surface area contributed by atoms with Crippen LogP contribution in [-0.4, -0.2) is 32.0 Å². The molecule has 0 saturated heterocycles. The standard InChI is InChI=1S/C8H15N5OS/c1-8(10,6(9)14)3-4-15-7-12-11-5-13(7)2/h5H,3-4,10H2,1-2H3,(H2,9,14). The summed E-state index contributed by atoms with van der Waals surface area (Å²) in [5.41, 5.74) is 9.91. The fourth-order valence-corrected chi connectivity index (χ4v) is 1.95. The lowest BCUT2D eigenvalue weighted by Gasteiger charge is -2.19. The average Bonchev–Trinajstić information content (AvgIpc) is 2.51. The summed E-state index contributed by atoms with van der Waals surface area (Å²) in [5, 5.41) is 8.44. The number of rotatable bonds is 5. The van der Waals surface area contributed by atoms with Gasteiger partial charge >= 0.3 is 0 Å². The van der Waals surface area contributed by atoms with Crippen molar-refractivity contribution in [2.45, 2.75) is 24.0 Å². The van der Waals surface area contributed by atoms with E-state index in [0.717, 1.165) is 5.16 Å². The molecule has 0 aliphatic rings. The van der Waals surface area contributed by atoms with Gasteiger partial charge in [0, 0.05) is 12.8 Å². The van der Waals surface area contributed by atoms with Crippen LogP contribution < -0.4 is 11.5 Å². The van der Waals surface area contributed by atoms with Crippen molar-refractivity contribution < 1.29 is 4.79 Å². The van der Waals surface area contributed by atoms with Crippen LogP contribution >= 0.6 is 11.8 Å². The molecule has 1 rings (SSSR count). The predicted molar refractivity (Wildman–Crippen MR) is 58.1 cm³/mol. The van der Waals surface area contributed by atoms with E-state index in [-0.39, 0.29) is 0 Å². The van der Waals surface area contributed by atoms with Crippen LogP contribution in [0.25, 0.3) is 0 Å². The van der Waals surface area contributed by atoms with E-state index in [1.165, 1.54) is 11.8 Å². The van der Waals surface area contributed by atoms with Crippen molar-refractivity contribution in [2.24, 2.45) is 18.5 Å². The molecule has 1 heterocycles. The highest BCUT2D eigenvalue weighted by molar-refractivity contribution is 7.99. The Morgan fingerprint density at radius 2 is 2.40 bits per heavy atom. The molecule has 1 aromatic rings. The first-order valence-electron chi connectivity index (χ1n) is 4.49. The van der Waals surface area contributed by atoms with Crippen molar-refractivity contribution >= 4 is 17.7 Å². The van der Waals surface area contributed by atoms with Gasteiger partial charge in [-0.3, -0.25) is 4.79 Å². The van der Waals surface area contributed by atoms with Gasteiger partial charge in [-0.15, -0.1) is 10.2 Å². The SMILES string of the molecule is Cn1cnnc1SCCC(C)(N)C(N)=O. The van der Waals surface area contributed by atoms with E-state index in [2.05, 4.69) is 10.2 Å². The fourth-order valence-electron chi connectivity index (χ4n) is 0.881. The lowest BCUT2D eigenvalue weighted by molar-refractivity contribution is -0.122. The summed E-state index contributed by atoms with van der Waals surface area (Å²) in [7, 11) is 1.86. The summed E-state index contributed by atoms with van der Waals surface area (Å²) >= 11 is 1.50. The molecular weight excluding hydrogens is 214 g/mol. The molecule has 6 nitrogen and oxygen atoms in total. The molecule has 1 aromatic heterocycles. The minimum atomic E-state index is -0.953. The molecule has 7 heteroatoms. The van der Waals surface area contributed by atoms with Crippen molar-refractivity contribution in [3.63, 3.8) is 0 Å². The Hall–Kier alpha value is -1.08. The quantitative estimate of drug-likeness (QED) is 0.663. The normalized spacial score (nSPS) is 14.9. The molecule has 0 saturated carbocycles. The van der Waals surface area contributed by atoms with Crippen LogP contribution in [0.4, 0.5) is 0 Å². The Balaban J connectivity index is 2.40. The van der Waals surface area contributed by atoms with Crippen LogP contribution in [0, 0.1) is 0 Å². The number of thioether (sulfide) groups is 1. The number of nitrogens with two attached hydrogens (primary N) is 2. The summed E-state index contributed by atoms with van der Waals surface area (Å²) in [4.78, 5) is 10.9. The number of aryl methyl sites for hydroxylation is 1. The van der Waals surface area contributed by atoms with E-state index in [9.17, 15) is 4.79 Å². The topological polar surface area (TPSA) is 99.8 Å². The zero-order valence-corrected chi connectivity index (χ0v) is 9.62. The summed E-state index contributed by atoms with van der Waals surface area (Å²) in [6.45, 7) is 1.63. The first kappa shape index (κ1) is 12.0. The van der Waals surface area contributed by atoms with Crippen LogP contribution in [0.15, 0.2) is 11.5 Å². The molecule has 84 valence electrons. The maximum absolute atomic E-state index is 10.9. The van der Waals surface area contributed by atoms with E-state index in [0.29, 0.717) is 12.2 Å². The number of carbonyl (C=O) groups is 1. The molecule has 1 unspecified atom stereocenters. The second-order valence-corrected chi connectivity index (χ2v) is 4.67. The van der Waals surface area contributed by atoms with Gasteiger partial charge in [0.2, 0.25) is 5.91 Å². The van der Waals surface area contributed by atoms with Gasteiger partial charge in [-0.2, -0.15) is 0 Å². The predicted octanol–water partition coefficient (Wildman–Crippen LogP) is -0.500. The Kier molecular flexibility index (Phi) is 3.70. The lowest BCUT2D eigenvalue weighted by Crippen LogP contribution is -2.49. The minimum absolute atomic E-state index is 0.485. The average molecular weight is 229 g/mol. The zero-order valence-electron chi connectivity index (χ0n) is 8.80. The highest BCUT2D eigenvalue weighted by Crippen LogP contribution is 2.17. The minimum Gasteiger partial charge on any atom is -0.368 e. The van der Waals surface area contributed by atoms with E-state index >= 15 is 0 Å². The lowest BCUT2D eigenvalue weighted by atomic mass is 10.0. The Bertz CT molecular complexity index is 349. The Labute approximate surface area is 92.4 Å². The smallest absolute Gasteiger partial charge is 0.237 e. The van der Waals surface area contributed by atoms with Crippen LogP contribution in [-0.2, 0) is 11.8 Å². The van der Waals surface area contributed by atoms with Gasteiger partial charge in [-0.05, 0) is 13.3 Å². The van der Waals surface area contributed by atoms with Gasteiger partial charge in [-0.25, -0.2) is 0 Å². The van der Waals surface area contributed by atoms with Crippen molar-refractivity contribution in [3.05, 3.63) is 6.33 Å². The first-order chi connectivity index (χ1) is 6.93. The van der Waals surface area contributed by atoms with Gasteiger partial charge in [0.1, 0.15) is 6.33 Å². The van der Waals surface area contributed by atoms with E-state index in [4.69, 9.17) is 11.5 Å². The maximum Gasteiger partial charge on any atom is 0.237 e. The zero-order chi connectivity index (χ0) is 11.5. The molecule has 15 heavy (non-hydrogen) atoms. The van der Waals surface area contributed by atoms with Crippen LogP contribution in [0.1, 0.15) is 13.3 Å². The second kappa shape index (κ2) is 4.63. The summed E-state index contributed by atoms with van der Waals surface area (Å²) < 4.78 is 1.81. The molecule has 0 fully saturated rings. The molecule has 0 aliphatic heterocycles. The van der Waals surface area contributed by atoms with Crippen molar-refractivity contribution in [1.29, 1.82) is 0 Å². The van der Waals surface area contributed by atoms with Crippen molar-refractivity contribution in [2.75, 3.05) is 5.75 Å². The van der Waals surface area contributed by atoms with Gasteiger partial charge in [-0.1, -0.05) is 11.8 Å². The third kappa shape index (κ3) is 3.21. The molecule has 4 N–H and O–H groups in total. The van der Waals surface area contributed by atoms with Gasteiger partial charge in [0.15, 0.2) is 5.16 Å². The van der Waals surface area contributed by atoms with Gasteiger partial charge < -0.3 is 16.0 Å². The molecule has 0 spiro atoms. The monoisotopic (exact) mass is 229 g/mol. The molecule has 0 bridgehead atoms. The number of primary amides is 1. The largest absolute Gasteiger partial charge is 0.368 e. The summed E-state index contributed by atoms with van der Waals surface area (Å²) in [6.07, 6.45) is 2.14. The van der Waals surface area contributed by atoms with Gasteiger partial charge in [0.05, 0.1) is 5.54 Å². The van der Waals surface area contributed by atoms with Crippen LogP contribution in [0.5, 0.6) is 0 Å². The number of aromatic nitrogens is 3. The van der Waals surface area contributed by atoms with E-state index in [1.807, 2.05) is 11.6 Å². The number of hydrogen-bond acceptors (Lipinski definition) is 5. The Morgan fingerprint density at radius 3 is 2.87 bits per heavy atom. The fraction of sp³-hybridized carbons (Fsp3) is 0.625. The maximum atomic E-state index is 10.9. The highest BCUT2D eigenvalue weighted by Gasteiger charge is 2.25. The first-order valence-corrected chi connectivity index (χ1v) is 5.47. The molecule has 0 radical (unpaired) electrons. The molecule has 1 atom stereocenters. The number of amides is 1. The third-order valence-electron chi connectivity index (χ3n) is 2.09. The van der Waals surface area contributed by atoms with Crippen LogP contribution in [0.3, 0.4) is 0 Å². The van der Waals surface area contributed by atoms with Crippen LogP contribution in [0.2, 0.25) is 0 Å². The molecule has 1 amide bonds. The second-order valence-electron chi connectivity index (χ2n) is 3.60. The van der Waals surface area contributed by atoms with E-state index in [1.54, 1.807) is 13.3 Å². The van der Waals surface area contributed by atoms with Crippen molar-refractivity contribution in [1.82, 2.24) is 14.8 Å². The molecular formula is C8H15N5OS. The third-order valence-corrected chi connectivity index (χ3v) is 3.12. The summed E-state index contributed by atoms with van der Waals surface area (Å²) in [5.74, 6) is 0.198. The number of carbonyl (C=O) groups excluding carboxylic acids is 1. The number of nitrogens with zero attached hydrogens (tertiary/aromatic N) is 3. The molecule has 0 aliphatic carbocycles. The Morgan fingerprint density at radius 1 is 1.73 bits per heavy atom. The van der Waals surface area contributed by atoms with Gasteiger partial charge in [0.25, 0.3) is 0 Å². The highest BCUT2D eigenvalue weighted by atomic mass is 32.2.